The first-order valence-corrected chi connectivity index (χ1v) is 4.74. The van der Waals surface area contributed by atoms with Crippen LogP contribution in [0.1, 0.15) is 22.8 Å². The van der Waals surface area contributed by atoms with E-state index < -0.39 is 41.7 Å². The molecule has 0 aromatic heterocycles. The number of nitrogens with two attached hydrogens (primary N) is 1. The minimum absolute atomic E-state index is 0.0335. The second-order valence-corrected chi connectivity index (χ2v) is 3.55. The average Bonchev–Trinajstić information content (AvgIpc) is 2.24. The van der Waals surface area contributed by atoms with Crippen molar-refractivity contribution in [2.24, 2.45) is 5.73 Å². The summed E-state index contributed by atoms with van der Waals surface area (Å²) in [6.45, 7) is -0.519. The Morgan fingerprint density at radius 2 is 1.61 bits per heavy atom. The second kappa shape index (κ2) is 4.77. The highest BCUT2D eigenvalue weighted by atomic mass is 19.4. The van der Waals surface area contributed by atoms with Crippen molar-refractivity contribution in [1.82, 2.24) is 0 Å². The molecule has 18 heavy (non-hydrogen) atoms. The van der Waals surface area contributed by atoms with Gasteiger partial charge in [-0.15, -0.1) is 0 Å². The molecule has 0 radical (unpaired) electrons. The van der Waals surface area contributed by atoms with E-state index in [4.69, 9.17) is 5.73 Å². The molecular weight excluding hydrogens is 264 g/mol. The number of hydrogen-bond acceptors (Lipinski definition) is 2. The molecule has 0 aliphatic carbocycles. The van der Waals surface area contributed by atoms with Crippen LogP contribution < -0.4 is 5.73 Å². The van der Waals surface area contributed by atoms with Crippen LogP contribution in [0.3, 0.4) is 0 Å². The minimum atomic E-state index is -4.99. The van der Waals surface area contributed by atoms with Crippen LogP contribution in [-0.4, -0.2) is 11.7 Å². The molecule has 3 N–H and O–H groups in total. The van der Waals surface area contributed by atoms with Crippen molar-refractivity contribution in [2.45, 2.75) is 18.5 Å². The molecule has 0 saturated heterocycles. The standard InChI is InChI=1S/C10H9F6NO/c11-9(12,13)5-1-2-6(8(18)4-17)7(3-5)10(14,15)16/h1-3,8,18H,4,17H2/t8-/m1/s1. The lowest BCUT2D eigenvalue weighted by Gasteiger charge is -2.18. The lowest BCUT2D eigenvalue weighted by Crippen LogP contribution is -2.19. The number of rotatable bonds is 2. The fraction of sp³-hybridized carbons (Fsp3) is 0.400. The SMILES string of the molecule is NC[C@@H](O)c1ccc(C(F)(F)F)cc1C(F)(F)F. The van der Waals surface area contributed by atoms with Crippen molar-refractivity contribution in [3.8, 4) is 0 Å². The molecule has 1 rings (SSSR count). The smallest absolute Gasteiger partial charge is 0.387 e. The zero-order chi connectivity index (χ0) is 14.1. The summed E-state index contributed by atoms with van der Waals surface area (Å²) in [5, 5.41) is 9.26. The summed E-state index contributed by atoms with van der Waals surface area (Å²) in [5.74, 6) is 0. The molecule has 0 spiro atoms. The highest BCUT2D eigenvalue weighted by Crippen LogP contribution is 2.38. The number of aliphatic hydroxyl groups is 1. The van der Waals surface area contributed by atoms with Gasteiger partial charge < -0.3 is 10.8 Å². The fourth-order valence-corrected chi connectivity index (χ4v) is 1.40. The zero-order valence-corrected chi connectivity index (χ0v) is 8.81. The topological polar surface area (TPSA) is 46.2 Å². The first kappa shape index (κ1) is 14.8. The van der Waals surface area contributed by atoms with Gasteiger partial charge in [-0.1, -0.05) is 6.07 Å². The number of alkyl halides is 6. The molecule has 0 aliphatic rings. The second-order valence-electron chi connectivity index (χ2n) is 3.55. The number of benzene rings is 1. The van der Waals surface area contributed by atoms with E-state index in [1.54, 1.807) is 0 Å². The average molecular weight is 273 g/mol. The summed E-state index contributed by atoms with van der Waals surface area (Å²) < 4.78 is 74.7. The highest BCUT2D eigenvalue weighted by molar-refractivity contribution is 5.37. The fourth-order valence-electron chi connectivity index (χ4n) is 1.40. The van der Waals surface area contributed by atoms with Gasteiger partial charge in [0.2, 0.25) is 0 Å². The van der Waals surface area contributed by atoms with Crippen molar-refractivity contribution >= 4 is 0 Å². The van der Waals surface area contributed by atoms with Gasteiger partial charge in [0.05, 0.1) is 17.2 Å². The van der Waals surface area contributed by atoms with E-state index in [-0.39, 0.29) is 6.07 Å². The Kier molecular flexibility index (Phi) is 3.92. The predicted octanol–water partition coefficient (Wildman–Crippen LogP) is 2.72. The van der Waals surface area contributed by atoms with Gasteiger partial charge in [-0.25, -0.2) is 0 Å². The van der Waals surface area contributed by atoms with Crippen molar-refractivity contribution in [1.29, 1.82) is 0 Å². The third kappa shape index (κ3) is 3.14. The quantitative estimate of drug-likeness (QED) is 0.814. The number of aliphatic hydroxyl groups excluding tert-OH is 1. The molecule has 0 amide bonds. The molecule has 0 bridgehead atoms. The van der Waals surface area contributed by atoms with Gasteiger partial charge in [0.1, 0.15) is 0 Å². The molecule has 1 aromatic rings. The van der Waals surface area contributed by atoms with E-state index in [2.05, 4.69) is 0 Å². The Morgan fingerprint density at radius 1 is 1.06 bits per heavy atom. The van der Waals surface area contributed by atoms with E-state index in [0.29, 0.717) is 12.1 Å². The Morgan fingerprint density at radius 3 is 2.00 bits per heavy atom. The Labute approximate surface area is 98.0 Å². The van der Waals surface area contributed by atoms with Crippen LogP contribution in [0, 0.1) is 0 Å². The molecule has 0 saturated carbocycles. The summed E-state index contributed by atoms with van der Waals surface area (Å²) in [6, 6.07) is 1.03. The van der Waals surface area contributed by atoms with E-state index in [1.165, 1.54) is 0 Å². The van der Waals surface area contributed by atoms with Gasteiger partial charge in [-0.2, -0.15) is 26.3 Å². The molecule has 8 heteroatoms. The minimum Gasteiger partial charge on any atom is -0.387 e. The largest absolute Gasteiger partial charge is 0.416 e. The van der Waals surface area contributed by atoms with Crippen LogP contribution in [-0.2, 0) is 12.4 Å². The Bertz CT molecular complexity index is 425. The van der Waals surface area contributed by atoms with Gasteiger partial charge in [0.25, 0.3) is 0 Å². The van der Waals surface area contributed by atoms with Crippen LogP contribution in [0.5, 0.6) is 0 Å². The van der Waals surface area contributed by atoms with Gasteiger partial charge in [-0.05, 0) is 17.7 Å². The highest BCUT2D eigenvalue weighted by Gasteiger charge is 2.38. The first-order chi connectivity index (χ1) is 8.07. The summed E-state index contributed by atoms with van der Waals surface area (Å²) in [6.07, 6.45) is -11.5. The summed E-state index contributed by atoms with van der Waals surface area (Å²) in [7, 11) is 0. The molecule has 0 fully saturated rings. The van der Waals surface area contributed by atoms with Crippen molar-refractivity contribution < 1.29 is 31.4 Å². The zero-order valence-electron chi connectivity index (χ0n) is 8.81. The monoisotopic (exact) mass is 273 g/mol. The maximum Gasteiger partial charge on any atom is 0.416 e. The lowest BCUT2D eigenvalue weighted by atomic mass is 9.99. The third-order valence-electron chi connectivity index (χ3n) is 2.27. The van der Waals surface area contributed by atoms with Crippen LogP contribution in [0.4, 0.5) is 26.3 Å². The molecule has 102 valence electrons. The van der Waals surface area contributed by atoms with E-state index in [9.17, 15) is 31.4 Å². The van der Waals surface area contributed by atoms with Crippen LogP contribution in [0.25, 0.3) is 0 Å². The number of hydrogen-bond donors (Lipinski definition) is 2. The van der Waals surface area contributed by atoms with Gasteiger partial charge in [0.15, 0.2) is 0 Å². The Balaban J connectivity index is 3.40. The maximum absolute atomic E-state index is 12.6. The van der Waals surface area contributed by atoms with Gasteiger partial charge in [-0.3, -0.25) is 0 Å². The summed E-state index contributed by atoms with van der Waals surface area (Å²) >= 11 is 0. The van der Waals surface area contributed by atoms with Crippen molar-refractivity contribution in [2.75, 3.05) is 6.54 Å². The predicted molar refractivity (Wildman–Crippen MR) is 50.5 cm³/mol. The summed E-state index contributed by atoms with van der Waals surface area (Å²) in [5.41, 5.74) is 1.37. The Hall–Kier alpha value is -1.28. The molecule has 1 aromatic carbocycles. The number of halogens is 6. The van der Waals surface area contributed by atoms with E-state index in [1.807, 2.05) is 0 Å². The molecular formula is C10H9F6NO. The van der Waals surface area contributed by atoms with Crippen LogP contribution in [0.2, 0.25) is 0 Å². The van der Waals surface area contributed by atoms with Crippen molar-refractivity contribution in [3.63, 3.8) is 0 Å². The first-order valence-electron chi connectivity index (χ1n) is 4.74. The lowest BCUT2D eigenvalue weighted by molar-refractivity contribution is -0.144. The molecule has 0 heterocycles. The van der Waals surface area contributed by atoms with Gasteiger partial charge >= 0.3 is 12.4 Å². The third-order valence-corrected chi connectivity index (χ3v) is 2.27. The van der Waals surface area contributed by atoms with Gasteiger partial charge in [0, 0.05) is 6.54 Å². The van der Waals surface area contributed by atoms with Crippen LogP contribution in [0.15, 0.2) is 18.2 Å². The molecule has 0 aliphatic heterocycles. The summed E-state index contributed by atoms with van der Waals surface area (Å²) in [4.78, 5) is 0. The van der Waals surface area contributed by atoms with E-state index in [0.717, 1.165) is 0 Å². The molecule has 0 unspecified atom stereocenters. The van der Waals surface area contributed by atoms with Crippen LogP contribution >= 0.6 is 0 Å². The van der Waals surface area contributed by atoms with E-state index >= 15 is 0 Å². The normalized spacial score (nSPS) is 14.7. The van der Waals surface area contributed by atoms with Crippen molar-refractivity contribution in [3.05, 3.63) is 34.9 Å². The molecule has 1 atom stereocenters. The maximum atomic E-state index is 12.6. The molecule has 2 nitrogen and oxygen atoms in total.